The van der Waals surface area contributed by atoms with E-state index in [-0.39, 0.29) is 6.54 Å². The molecule has 0 aromatic carbocycles. The highest BCUT2D eigenvalue weighted by atomic mass is 19.4. The Kier molecular flexibility index (Phi) is 2.70. The molecule has 0 fully saturated rings. The highest BCUT2D eigenvalue weighted by Crippen LogP contribution is 2.30. The van der Waals surface area contributed by atoms with E-state index in [2.05, 4.69) is 11.0 Å². The Balaban J connectivity index is 3.25. The second kappa shape index (κ2) is 3.65. The maximum atomic E-state index is 12.3. The van der Waals surface area contributed by atoms with E-state index in [0.29, 0.717) is 0 Å². The van der Waals surface area contributed by atoms with Crippen LogP contribution < -0.4 is 5.73 Å². The number of carbonyl (C=O) groups excluding carboxylic acids is 1. The van der Waals surface area contributed by atoms with E-state index in [1.165, 1.54) is 0 Å². The zero-order valence-corrected chi connectivity index (χ0v) is 7.38. The molecule has 0 aliphatic carbocycles. The topological polar surface area (TPSA) is 60.9 Å². The number of amides is 1. The van der Waals surface area contributed by atoms with Crippen molar-refractivity contribution in [3.05, 3.63) is 17.5 Å². The molecular weight excluding hydrogens is 211 g/mol. The first-order chi connectivity index (χ1) is 6.86. The summed E-state index contributed by atoms with van der Waals surface area (Å²) < 4.78 is 37.8. The fourth-order valence-corrected chi connectivity index (χ4v) is 0.986. The molecule has 0 atom stereocenters. The lowest BCUT2D eigenvalue weighted by Gasteiger charge is -2.02. The predicted octanol–water partition coefficient (Wildman–Crippen LogP) is 0.634. The van der Waals surface area contributed by atoms with E-state index >= 15 is 0 Å². The van der Waals surface area contributed by atoms with E-state index in [1.807, 2.05) is 0 Å². The summed E-state index contributed by atoms with van der Waals surface area (Å²) in [7, 11) is 0. The number of hydrogen-bond donors (Lipinski definition) is 1. The van der Waals surface area contributed by atoms with Crippen LogP contribution in [-0.4, -0.2) is 15.7 Å². The molecule has 1 rings (SSSR count). The van der Waals surface area contributed by atoms with E-state index < -0.39 is 23.3 Å². The quantitative estimate of drug-likeness (QED) is 0.738. The molecule has 0 saturated carbocycles. The minimum atomic E-state index is -4.72. The van der Waals surface area contributed by atoms with Gasteiger partial charge in [-0.2, -0.15) is 18.3 Å². The fourth-order valence-electron chi connectivity index (χ4n) is 0.986. The normalized spacial score (nSPS) is 11.1. The van der Waals surface area contributed by atoms with Crippen molar-refractivity contribution in [1.82, 2.24) is 9.78 Å². The molecule has 0 radical (unpaired) electrons. The van der Waals surface area contributed by atoms with Crippen LogP contribution >= 0.6 is 0 Å². The smallest absolute Gasteiger partial charge is 0.365 e. The second-order valence-corrected chi connectivity index (χ2v) is 2.66. The van der Waals surface area contributed by atoms with Gasteiger partial charge in [-0.25, -0.2) is 0 Å². The van der Waals surface area contributed by atoms with Crippen molar-refractivity contribution in [2.24, 2.45) is 5.73 Å². The number of nitrogens with two attached hydrogens (primary N) is 1. The van der Waals surface area contributed by atoms with Crippen molar-refractivity contribution in [2.75, 3.05) is 0 Å². The molecule has 0 unspecified atom stereocenters. The molecule has 2 N–H and O–H groups in total. The van der Waals surface area contributed by atoms with Gasteiger partial charge in [-0.05, 0) is 0 Å². The van der Waals surface area contributed by atoms with Crippen LogP contribution in [0.2, 0.25) is 0 Å². The van der Waals surface area contributed by atoms with Crippen LogP contribution in [0, 0.1) is 12.3 Å². The third-order valence-corrected chi connectivity index (χ3v) is 1.55. The van der Waals surface area contributed by atoms with Crippen LogP contribution in [0.25, 0.3) is 0 Å². The number of aromatic nitrogens is 2. The van der Waals surface area contributed by atoms with Gasteiger partial charge in [0.05, 0.1) is 5.56 Å². The van der Waals surface area contributed by atoms with Crippen molar-refractivity contribution in [2.45, 2.75) is 12.7 Å². The van der Waals surface area contributed by atoms with Crippen molar-refractivity contribution in [1.29, 1.82) is 0 Å². The standard InChI is InChI=1S/C8H6F3N3O/c1-2-3-14-4-5(7(12)15)6(13-14)8(9,10)11/h1,4H,3H2,(H2,12,15). The number of alkyl halides is 3. The highest BCUT2D eigenvalue weighted by Gasteiger charge is 2.38. The Morgan fingerprint density at radius 3 is 2.60 bits per heavy atom. The van der Waals surface area contributed by atoms with Crippen molar-refractivity contribution in [3.8, 4) is 12.3 Å². The van der Waals surface area contributed by atoms with Gasteiger partial charge in [0.2, 0.25) is 0 Å². The molecule has 1 aromatic rings. The van der Waals surface area contributed by atoms with Gasteiger partial charge >= 0.3 is 6.18 Å². The van der Waals surface area contributed by atoms with Gasteiger partial charge in [-0.3, -0.25) is 9.48 Å². The monoisotopic (exact) mass is 217 g/mol. The van der Waals surface area contributed by atoms with Gasteiger partial charge in [-0.15, -0.1) is 6.42 Å². The Bertz CT molecular complexity index is 427. The van der Waals surface area contributed by atoms with Gasteiger partial charge < -0.3 is 5.73 Å². The van der Waals surface area contributed by atoms with E-state index in [9.17, 15) is 18.0 Å². The maximum Gasteiger partial charge on any atom is 0.435 e. The molecule has 15 heavy (non-hydrogen) atoms. The van der Waals surface area contributed by atoms with Crippen LogP contribution in [0.15, 0.2) is 6.20 Å². The van der Waals surface area contributed by atoms with Gasteiger partial charge in [0.1, 0.15) is 6.54 Å². The van der Waals surface area contributed by atoms with Gasteiger partial charge in [0, 0.05) is 6.20 Å². The summed E-state index contributed by atoms with van der Waals surface area (Å²) in [6.07, 6.45) is 1.06. The first-order valence-corrected chi connectivity index (χ1v) is 3.74. The first-order valence-electron chi connectivity index (χ1n) is 3.74. The summed E-state index contributed by atoms with van der Waals surface area (Å²) in [6, 6.07) is 0. The summed E-state index contributed by atoms with van der Waals surface area (Å²) in [4.78, 5) is 10.7. The number of terminal acetylenes is 1. The Morgan fingerprint density at radius 2 is 2.27 bits per heavy atom. The zero-order valence-electron chi connectivity index (χ0n) is 7.38. The van der Waals surface area contributed by atoms with Crippen LogP contribution in [0.1, 0.15) is 16.1 Å². The lowest BCUT2D eigenvalue weighted by molar-refractivity contribution is -0.141. The number of carbonyl (C=O) groups is 1. The highest BCUT2D eigenvalue weighted by molar-refractivity contribution is 5.93. The summed E-state index contributed by atoms with van der Waals surface area (Å²) in [6.45, 7) is -0.156. The third kappa shape index (κ3) is 2.28. The first kappa shape index (κ1) is 11.1. The molecule has 0 spiro atoms. The summed E-state index contributed by atoms with van der Waals surface area (Å²) >= 11 is 0. The molecule has 4 nitrogen and oxygen atoms in total. The van der Waals surface area contributed by atoms with Gasteiger partial charge in [0.25, 0.3) is 5.91 Å². The fraction of sp³-hybridized carbons (Fsp3) is 0.250. The Labute approximate surface area is 82.9 Å². The van der Waals surface area contributed by atoms with Crippen LogP contribution in [0.4, 0.5) is 13.2 Å². The lowest BCUT2D eigenvalue weighted by atomic mass is 10.2. The Morgan fingerprint density at radius 1 is 1.67 bits per heavy atom. The van der Waals surface area contributed by atoms with Crippen molar-refractivity contribution < 1.29 is 18.0 Å². The molecule has 0 aliphatic rings. The van der Waals surface area contributed by atoms with Gasteiger partial charge in [0.15, 0.2) is 5.69 Å². The van der Waals surface area contributed by atoms with Crippen molar-refractivity contribution >= 4 is 5.91 Å². The average molecular weight is 217 g/mol. The van der Waals surface area contributed by atoms with Crippen LogP contribution in [-0.2, 0) is 12.7 Å². The molecule has 1 aromatic heterocycles. The third-order valence-electron chi connectivity index (χ3n) is 1.55. The molecule has 0 aliphatic heterocycles. The minimum Gasteiger partial charge on any atom is -0.365 e. The number of halogens is 3. The zero-order chi connectivity index (χ0) is 11.6. The largest absolute Gasteiger partial charge is 0.435 e. The SMILES string of the molecule is C#CCn1cc(C(N)=O)c(C(F)(F)F)n1. The number of rotatable bonds is 2. The number of hydrogen-bond acceptors (Lipinski definition) is 2. The molecule has 1 amide bonds. The van der Waals surface area contributed by atoms with E-state index in [4.69, 9.17) is 12.2 Å². The maximum absolute atomic E-state index is 12.3. The molecule has 80 valence electrons. The van der Waals surface area contributed by atoms with E-state index in [1.54, 1.807) is 0 Å². The lowest BCUT2D eigenvalue weighted by Crippen LogP contribution is -2.17. The van der Waals surface area contributed by atoms with Gasteiger partial charge in [-0.1, -0.05) is 5.92 Å². The predicted molar refractivity (Wildman–Crippen MR) is 44.6 cm³/mol. The molecule has 0 bridgehead atoms. The summed E-state index contributed by atoms with van der Waals surface area (Å²) in [5.74, 6) is 0.907. The second-order valence-electron chi connectivity index (χ2n) is 2.66. The summed E-state index contributed by atoms with van der Waals surface area (Å²) in [5, 5.41) is 3.14. The Hall–Kier alpha value is -1.97. The molecule has 0 saturated heterocycles. The van der Waals surface area contributed by atoms with Crippen molar-refractivity contribution in [3.63, 3.8) is 0 Å². The minimum absolute atomic E-state index is 0.156. The number of nitrogens with zero attached hydrogens (tertiary/aromatic N) is 2. The van der Waals surface area contributed by atoms with Crippen LogP contribution in [0.3, 0.4) is 0 Å². The average Bonchev–Trinajstić information content (AvgIpc) is 2.48. The molecular formula is C8H6F3N3O. The number of primary amides is 1. The van der Waals surface area contributed by atoms with Crippen LogP contribution in [0.5, 0.6) is 0 Å². The van der Waals surface area contributed by atoms with E-state index in [0.717, 1.165) is 10.9 Å². The summed E-state index contributed by atoms with van der Waals surface area (Å²) in [5.41, 5.74) is 2.78. The molecule has 1 heterocycles. The molecule has 7 heteroatoms.